The van der Waals surface area contributed by atoms with Gasteiger partial charge in [-0.2, -0.15) is 0 Å². The van der Waals surface area contributed by atoms with E-state index in [4.69, 9.17) is 23.7 Å². The van der Waals surface area contributed by atoms with Crippen LogP contribution in [0.15, 0.2) is 66.7 Å². The molecule has 0 aliphatic heterocycles. The first-order chi connectivity index (χ1) is 16.5. The molecule has 1 N–H and O–H groups in total. The van der Waals surface area contributed by atoms with Crippen molar-refractivity contribution in [2.75, 3.05) is 40.9 Å². The Kier molecular flexibility index (Phi) is 8.40. The van der Waals surface area contributed by atoms with Gasteiger partial charge in [0.15, 0.2) is 0 Å². The topological polar surface area (TPSA) is 75.3 Å². The highest BCUT2D eigenvalue weighted by Gasteiger charge is 2.13. The van der Waals surface area contributed by atoms with Gasteiger partial charge in [-0.05, 0) is 65.2 Å². The molecule has 7 heteroatoms. The molecule has 3 aromatic rings. The monoisotopic (exact) mass is 463 g/mol. The van der Waals surface area contributed by atoms with Crippen molar-refractivity contribution < 1.29 is 28.5 Å². The van der Waals surface area contributed by atoms with Crippen LogP contribution in [-0.4, -0.2) is 41.5 Å². The Morgan fingerprint density at radius 1 is 0.647 bits per heavy atom. The van der Waals surface area contributed by atoms with Crippen LogP contribution in [0.2, 0.25) is 0 Å². The maximum Gasteiger partial charge on any atom is 0.228 e. The van der Waals surface area contributed by atoms with Crippen molar-refractivity contribution in [1.82, 2.24) is 0 Å². The molecule has 0 heterocycles. The third-order valence-corrected chi connectivity index (χ3v) is 5.19. The summed E-state index contributed by atoms with van der Waals surface area (Å²) in [5.74, 6) is 3.11. The molecule has 0 spiro atoms. The standard InChI is InChI=1S/C27H29NO6/c1-30-21-8-6-20(7-9-21)28-27(29)11-10-26(18-12-22(31-2)16-23(13-18)32-3)19-14-24(33-4)17-25(15-19)34-5/h6-10,12-17H,11H2,1-5H3,(H,28,29). The second-order valence-corrected chi connectivity index (χ2v) is 7.30. The predicted molar refractivity (Wildman–Crippen MR) is 132 cm³/mol. The lowest BCUT2D eigenvalue weighted by atomic mass is 9.95. The average molecular weight is 464 g/mol. The molecule has 0 radical (unpaired) electrons. The maximum absolute atomic E-state index is 12.7. The second kappa shape index (κ2) is 11.7. The minimum atomic E-state index is -0.160. The van der Waals surface area contributed by atoms with Gasteiger partial charge in [-0.3, -0.25) is 4.79 Å². The number of methoxy groups -OCH3 is 5. The summed E-state index contributed by atoms with van der Waals surface area (Å²) >= 11 is 0. The van der Waals surface area contributed by atoms with Crippen LogP contribution in [0.3, 0.4) is 0 Å². The molecule has 1 amide bonds. The predicted octanol–water partition coefficient (Wildman–Crippen LogP) is 5.19. The van der Waals surface area contributed by atoms with Gasteiger partial charge in [0.25, 0.3) is 0 Å². The zero-order valence-corrected chi connectivity index (χ0v) is 20.0. The third-order valence-electron chi connectivity index (χ3n) is 5.19. The van der Waals surface area contributed by atoms with Crippen molar-refractivity contribution in [3.05, 3.63) is 77.9 Å². The van der Waals surface area contributed by atoms with Gasteiger partial charge in [-0.25, -0.2) is 0 Å². The van der Waals surface area contributed by atoms with Gasteiger partial charge in [0, 0.05) is 24.2 Å². The Balaban J connectivity index is 1.99. The van der Waals surface area contributed by atoms with Crippen LogP contribution in [0.5, 0.6) is 28.7 Å². The Labute approximate surface area is 199 Å². The first-order valence-corrected chi connectivity index (χ1v) is 10.6. The minimum Gasteiger partial charge on any atom is -0.497 e. The fourth-order valence-electron chi connectivity index (χ4n) is 3.41. The molecule has 7 nitrogen and oxygen atoms in total. The van der Waals surface area contributed by atoms with Crippen LogP contribution in [-0.2, 0) is 4.79 Å². The Morgan fingerprint density at radius 2 is 1.06 bits per heavy atom. The molecular formula is C27H29NO6. The number of rotatable bonds is 10. The number of carbonyl (C=O) groups is 1. The smallest absolute Gasteiger partial charge is 0.228 e. The molecule has 0 unspecified atom stereocenters. The summed E-state index contributed by atoms with van der Waals surface area (Å²) < 4.78 is 27.0. The highest BCUT2D eigenvalue weighted by molar-refractivity contribution is 5.94. The van der Waals surface area contributed by atoms with Crippen molar-refractivity contribution >= 4 is 17.2 Å². The molecule has 0 saturated heterocycles. The van der Waals surface area contributed by atoms with Gasteiger partial charge >= 0.3 is 0 Å². The number of nitrogens with one attached hydrogen (secondary N) is 1. The third kappa shape index (κ3) is 6.22. The number of amides is 1. The van der Waals surface area contributed by atoms with Gasteiger partial charge in [-0.15, -0.1) is 0 Å². The average Bonchev–Trinajstić information content (AvgIpc) is 2.88. The quantitative estimate of drug-likeness (QED) is 0.446. The highest BCUT2D eigenvalue weighted by Crippen LogP contribution is 2.34. The molecule has 0 bridgehead atoms. The largest absolute Gasteiger partial charge is 0.497 e. The molecule has 0 saturated carbocycles. The summed E-state index contributed by atoms with van der Waals surface area (Å²) in [5, 5.41) is 2.90. The van der Waals surface area contributed by atoms with Gasteiger partial charge < -0.3 is 29.0 Å². The normalized spacial score (nSPS) is 10.1. The summed E-state index contributed by atoms with van der Waals surface area (Å²) in [6.45, 7) is 0. The van der Waals surface area contributed by atoms with Crippen molar-refractivity contribution in [1.29, 1.82) is 0 Å². The van der Waals surface area contributed by atoms with Gasteiger partial charge in [0.1, 0.15) is 28.7 Å². The van der Waals surface area contributed by atoms with Crippen LogP contribution in [0.25, 0.3) is 5.57 Å². The van der Waals surface area contributed by atoms with Crippen LogP contribution in [0.1, 0.15) is 17.5 Å². The molecule has 0 fully saturated rings. The Hall–Kier alpha value is -4.13. The molecule has 0 aliphatic rings. The SMILES string of the molecule is COc1ccc(NC(=O)CC=C(c2cc(OC)cc(OC)c2)c2cc(OC)cc(OC)c2)cc1. The zero-order chi connectivity index (χ0) is 24.5. The molecular weight excluding hydrogens is 434 g/mol. The molecule has 0 aromatic heterocycles. The highest BCUT2D eigenvalue weighted by atomic mass is 16.5. The Morgan fingerprint density at radius 3 is 1.44 bits per heavy atom. The van der Waals surface area contributed by atoms with E-state index in [9.17, 15) is 4.79 Å². The lowest BCUT2D eigenvalue weighted by Gasteiger charge is -2.15. The maximum atomic E-state index is 12.7. The first-order valence-electron chi connectivity index (χ1n) is 10.6. The van der Waals surface area contributed by atoms with Gasteiger partial charge in [-0.1, -0.05) is 6.08 Å². The molecule has 3 aromatic carbocycles. The van der Waals surface area contributed by atoms with Crippen molar-refractivity contribution in [3.63, 3.8) is 0 Å². The van der Waals surface area contributed by atoms with E-state index in [2.05, 4.69) is 5.32 Å². The lowest BCUT2D eigenvalue weighted by Crippen LogP contribution is -2.10. The summed E-state index contributed by atoms with van der Waals surface area (Å²) in [6.07, 6.45) is 2.00. The van der Waals surface area contributed by atoms with E-state index in [1.807, 2.05) is 30.3 Å². The number of hydrogen-bond donors (Lipinski definition) is 1. The van der Waals surface area contributed by atoms with Crippen molar-refractivity contribution in [2.24, 2.45) is 0 Å². The molecule has 34 heavy (non-hydrogen) atoms. The lowest BCUT2D eigenvalue weighted by molar-refractivity contribution is -0.115. The molecule has 0 atom stereocenters. The van der Waals surface area contributed by atoms with Crippen LogP contribution in [0, 0.1) is 0 Å². The fourth-order valence-corrected chi connectivity index (χ4v) is 3.41. The van der Waals surface area contributed by atoms with E-state index in [1.165, 1.54) is 0 Å². The number of hydrogen-bond acceptors (Lipinski definition) is 6. The van der Waals surface area contributed by atoms with E-state index in [1.54, 1.807) is 71.9 Å². The van der Waals surface area contributed by atoms with E-state index in [0.29, 0.717) is 28.7 Å². The number of ether oxygens (including phenoxy) is 5. The number of carbonyl (C=O) groups excluding carboxylic acids is 1. The van der Waals surface area contributed by atoms with Crippen LogP contribution in [0.4, 0.5) is 5.69 Å². The zero-order valence-electron chi connectivity index (χ0n) is 20.0. The van der Waals surface area contributed by atoms with Crippen LogP contribution >= 0.6 is 0 Å². The van der Waals surface area contributed by atoms with E-state index < -0.39 is 0 Å². The van der Waals surface area contributed by atoms with Crippen molar-refractivity contribution in [2.45, 2.75) is 6.42 Å². The summed E-state index contributed by atoms with van der Waals surface area (Å²) in [5.41, 5.74) is 3.14. The van der Waals surface area contributed by atoms with E-state index in [-0.39, 0.29) is 12.3 Å². The second-order valence-electron chi connectivity index (χ2n) is 7.30. The Bertz CT molecular complexity index is 1050. The summed E-state index contributed by atoms with van der Waals surface area (Å²) in [4.78, 5) is 12.7. The summed E-state index contributed by atoms with van der Waals surface area (Å²) in [6, 6.07) is 18.3. The van der Waals surface area contributed by atoms with E-state index >= 15 is 0 Å². The number of benzene rings is 3. The van der Waals surface area contributed by atoms with Crippen molar-refractivity contribution in [3.8, 4) is 28.7 Å². The van der Waals surface area contributed by atoms with Gasteiger partial charge in [0.2, 0.25) is 5.91 Å². The minimum absolute atomic E-state index is 0.139. The fraction of sp³-hybridized carbons (Fsp3) is 0.222. The summed E-state index contributed by atoms with van der Waals surface area (Å²) in [7, 11) is 7.98. The molecule has 3 rings (SSSR count). The molecule has 178 valence electrons. The van der Waals surface area contributed by atoms with Crippen LogP contribution < -0.4 is 29.0 Å². The number of anilines is 1. The first kappa shape index (κ1) is 24.5. The van der Waals surface area contributed by atoms with Gasteiger partial charge in [0.05, 0.1) is 35.5 Å². The van der Waals surface area contributed by atoms with E-state index in [0.717, 1.165) is 22.4 Å². The molecule has 0 aliphatic carbocycles.